The molecule has 9 heteroatoms. The fourth-order valence-corrected chi connectivity index (χ4v) is 3.07. The van der Waals surface area contributed by atoms with E-state index in [9.17, 15) is 0 Å². The van der Waals surface area contributed by atoms with Gasteiger partial charge in [0.2, 0.25) is 5.88 Å². The minimum atomic E-state index is 0.545. The maximum absolute atomic E-state index is 5.92. The van der Waals surface area contributed by atoms with Gasteiger partial charge < -0.3 is 14.7 Å². The van der Waals surface area contributed by atoms with Gasteiger partial charge in [0.15, 0.2) is 16.5 Å². The Bertz CT molecular complexity index is 997. The molecule has 0 aliphatic rings. The number of nitrogens with zero attached hydrogens (tertiary/aromatic N) is 4. The van der Waals surface area contributed by atoms with Crippen molar-refractivity contribution in [3.8, 4) is 5.88 Å². The molecule has 0 aromatic carbocycles. The molecule has 0 radical (unpaired) electrons. The van der Waals surface area contributed by atoms with Gasteiger partial charge in [0.1, 0.15) is 5.82 Å². The molecule has 0 amide bonds. The third kappa shape index (κ3) is 2.82. The first-order chi connectivity index (χ1) is 11.2. The second-order valence-electron chi connectivity index (χ2n) is 4.76. The number of aromatic nitrogens is 6. The molecule has 0 aliphatic carbocycles. The Hall–Kier alpha value is -2.32. The standard InChI is InChI=1S/C14H11ClN6OS/c1-22-11-3-2-8-13(20-11)19-10(17-8)6-23-14-18-9-4-7(15)5-16-12(9)21-14/h2-5H,6H2,1H3,(H,16,18,21)(H,17,19,20). The Labute approximate surface area is 139 Å². The van der Waals surface area contributed by atoms with Gasteiger partial charge in [-0.15, -0.1) is 0 Å². The van der Waals surface area contributed by atoms with Crippen molar-refractivity contribution < 1.29 is 4.74 Å². The fourth-order valence-electron chi connectivity index (χ4n) is 2.16. The lowest BCUT2D eigenvalue weighted by Gasteiger charge is -1.95. The van der Waals surface area contributed by atoms with Crippen molar-refractivity contribution >= 4 is 45.7 Å². The summed E-state index contributed by atoms with van der Waals surface area (Å²) in [6, 6.07) is 5.50. The highest BCUT2D eigenvalue weighted by molar-refractivity contribution is 7.98. The molecule has 0 spiro atoms. The molecule has 0 saturated carbocycles. The number of halogens is 1. The number of methoxy groups -OCH3 is 1. The minimum absolute atomic E-state index is 0.545. The highest BCUT2D eigenvalue weighted by Crippen LogP contribution is 2.24. The van der Waals surface area contributed by atoms with Gasteiger partial charge in [-0.2, -0.15) is 4.98 Å². The number of H-pyrrole nitrogens is 2. The number of rotatable bonds is 4. The van der Waals surface area contributed by atoms with Gasteiger partial charge in [-0.25, -0.2) is 15.0 Å². The van der Waals surface area contributed by atoms with E-state index in [0.717, 1.165) is 22.0 Å². The third-order valence-corrected chi connectivity index (χ3v) is 4.30. The van der Waals surface area contributed by atoms with E-state index in [2.05, 4.69) is 29.9 Å². The van der Waals surface area contributed by atoms with E-state index in [1.54, 1.807) is 25.4 Å². The zero-order valence-corrected chi connectivity index (χ0v) is 13.6. The molecule has 4 rings (SSSR count). The molecule has 0 aliphatic heterocycles. The highest BCUT2D eigenvalue weighted by Gasteiger charge is 2.09. The van der Waals surface area contributed by atoms with Crippen molar-refractivity contribution in [2.45, 2.75) is 10.9 Å². The molecule has 7 nitrogen and oxygen atoms in total. The predicted molar refractivity (Wildman–Crippen MR) is 88.9 cm³/mol. The van der Waals surface area contributed by atoms with Crippen molar-refractivity contribution in [1.82, 2.24) is 29.9 Å². The first kappa shape index (κ1) is 14.3. The Morgan fingerprint density at radius 3 is 2.91 bits per heavy atom. The predicted octanol–water partition coefficient (Wildman–Crippen LogP) is 3.18. The molecule has 0 unspecified atom stereocenters. The van der Waals surface area contributed by atoms with E-state index in [0.29, 0.717) is 27.9 Å². The van der Waals surface area contributed by atoms with Crippen LogP contribution >= 0.6 is 23.4 Å². The average molecular weight is 347 g/mol. The second-order valence-corrected chi connectivity index (χ2v) is 6.16. The van der Waals surface area contributed by atoms with E-state index in [-0.39, 0.29) is 0 Å². The van der Waals surface area contributed by atoms with Crippen molar-refractivity contribution in [1.29, 1.82) is 0 Å². The quantitative estimate of drug-likeness (QED) is 0.551. The zero-order valence-electron chi connectivity index (χ0n) is 12.0. The third-order valence-electron chi connectivity index (χ3n) is 3.21. The molecule has 4 aromatic heterocycles. The van der Waals surface area contributed by atoms with Crippen LogP contribution in [0.4, 0.5) is 0 Å². The zero-order chi connectivity index (χ0) is 15.8. The van der Waals surface area contributed by atoms with Crippen LogP contribution in [-0.4, -0.2) is 37.0 Å². The van der Waals surface area contributed by atoms with Gasteiger partial charge in [0.25, 0.3) is 0 Å². The van der Waals surface area contributed by atoms with E-state index >= 15 is 0 Å². The van der Waals surface area contributed by atoms with Crippen molar-refractivity contribution in [3.63, 3.8) is 0 Å². The van der Waals surface area contributed by atoms with Gasteiger partial charge in [0, 0.05) is 12.3 Å². The van der Waals surface area contributed by atoms with Gasteiger partial charge in [-0.3, -0.25) is 0 Å². The second kappa shape index (κ2) is 5.71. The van der Waals surface area contributed by atoms with Crippen molar-refractivity contribution in [3.05, 3.63) is 35.2 Å². The van der Waals surface area contributed by atoms with Crippen molar-refractivity contribution in [2.24, 2.45) is 0 Å². The summed E-state index contributed by atoms with van der Waals surface area (Å²) in [4.78, 5) is 23.8. The normalized spacial score (nSPS) is 11.4. The smallest absolute Gasteiger partial charge is 0.215 e. The molecule has 0 atom stereocenters. The molecule has 4 heterocycles. The first-order valence-electron chi connectivity index (χ1n) is 6.75. The summed E-state index contributed by atoms with van der Waals surface area (Å²) in [6.07, 6.45) is 1.58. The molecule has 116 valence electrons. The van der Waals surface area contributed by atoms with Gasteiger partial charge in [-0.05, 0) is 12.1 Å². The Morgan fingerprint density at radius 2 is 2.04 bits per heavy atom. The van der Waals surface area contributed by atoms with Crippen LogP contribution < -0.4 is 4.74 Å². The van der Waals surface area contributed by atoms with Crippen LogP contribution in [0.3, 0.4) is 0 Å². The van der Waals surface area contributed by atoms with Gasteiger partial charge in [0.05, 0.1) is 28.9 Å². The number of thioether (sulfide) groups is 1. The van der Waals surface area contributed by atoms with E-state index < -0.39 is 0 Å². The molecule has 4 aromatic rings. The SMILES string of the molecule is COc1ccc2[nH]c(CSc3nc4ncc(Cl)cc4[nH]3)nc2n1. The number of imidazole rings is 2. The van der Waals surface area contributed by atoms with Gasteiger partial charge >= 0.3 is 0 Å². The lowest BCUT2D eigenvalue weighted by Crippen LogP contribution is -1.87. The van der Waals surface area contributed by atoms with Crippen LogP contribution in [0.2, 0.25) is 5.02 Å². The molecule has 0 fully saturated rings. The van der Waals surface area contributed by atoms with Gasteiger partial charge in [-0.1, -0.05) is 23.4 Å². The Kier molecular flexibility index (Phi) is 3.55. The summed E-state index contributed by atoms with van der Waals surface area (Å²) in [5.41, 5.74) is 2.97. The maximum atomic E-state index is 5.92. The molecule has 2 N–H and O–H groups in total. The number of aromatic amines is 2. The summed E-state index contributed by atoms with van der Waals surface area (Å²) in [6.45, 7) is 0. The fraction of sp³-hybridized carbons (Fsp3) is 0.143. The van der Waals surface area contributed by atoms with Crippen LogP contribution in [0.15, 0.2) is 29.6 Å². The summed E-state index contributed by atoms with van der Waals surface area (Å²) in [5, 5.41) is 1.34. The summed E-state index contributed by atoms with van der Waals surface area (Å²) in [5.74, 6) is 1.99. The summed E-state index contributed by atoms with van der Waals surface area (Å²) in [7, 11) is 1.58. The molecule has 0 bridgehead atoms. The van der Waals surface area contributed by atoms with Crippen LogP contribution in [0.1, 0.15) is 5.82 Å². The first-order valence-corrected chi connectivity index (χ1v) is 8.11. The molecular formula is C14H11ClN6OS. The number of ether oxygens (including phenoxy) is 1. The van der Waals surface area contributed by atoms with Crippen LogP contribution in [0.5, 0.6) is 5.88 Å². The average Bonchev–Trinajstić information content (AvgIpc) is 3.14. The van der Waals surface area contributed by atoms with E-state index in [1.165, 1.54) is 11.8 Å². The lowest BCUT2D eigenvalue weighted by atomic mass is 10.4. The topological polar surface area (TPSA) is 92.4 Å². The maximum Gasteiger partial charge on any atom is 0.215 e. The monoisotopic (exact) mass is 346 g/mol. The minimum Gasteiger partial charge on any atom is -0.481 e. The van der Waals surface area contributed by atoms with Crippen LogP contribution in [-0.2, 0) is 5.75 Å². The number of pyridine rings is 2. The lowest BCUT2D eigenvalue weighted by molar-refractivity contribution is 0.399. The molecule has 23 heavy (non-hydrogen) atoms. The molecular weight excluding hydrogens is 336 g/mol. The number of hydrogen-bond acceptors (Lipinski definition) is 6. The van der Waals surface area contributed by atoms with E-state index in [4.69, 9.17) is 16.3 Å². The van der Waals surface area contributed by atoms with Crippen LogP contribution in [0.25, 0.3) is 22.3 Å². The summed E-state index contributed by atoms with van der Waals surface area (Å²) < 4.78 is 5.10. The molecule has 0 saturated heterocycles. The Balaban J connectivity index is 1.55. The number of nitrogens with one attached hydrogen (secondary N) is 2. The number of hydrogen-bond donors (Lipinski definition) is 2. The highest BCUT2D eigenvalue weighted by atomic mass is 35.5. The number of fused-ring (bicyclic) bond motifs is 2. The Morgan fingerprint density at radius 1 is 1.13 bits per heavy atom. The van der Waals surface area contributed by atoms with Crippen molar-refractivity contribution in [2.75, 3.05) is 7.11 Å². The summed E-state index contributed by atoms with van der Waals surface area (Å²) >= 11 is 7.45. The van der Waals surface area contributed by atoms with E-state index in [1.807, 2.05) is 6.07 Å². The largest absolute Gasteiger partial charge is 0.481 e. The van der Waals surface area contributed by atoms with Crippen LogP contribution in [0, 0.1) is 0 Å².